The van der Waals surface area contributed by atoms with Gasteiger partial charge in [-0.05, 0) is 62.4 Å². The Kier molecular flexibility index (Phi) is 4.56. The fourth-order valence-electron chi connectivity index (χ4n) is 4.37. The molecule has 0 unspecified atom stereocenters. The first-order valence-electron chi connectivity index (χ1n) is 9.16. The van der Waals surface area contributed by atoms with Crippen molar-refractivity contribution in [2.75, 3.05) is 13.7 Å². The van der Waals surface area contributed by atoms with Gasteiger partial charge in [-0.2, -0.15) is 0 Å². The van der Waals surface area contributed by atoms with Gasteiger partial charge in [-0.1, -0.05) is 12.8 Å². The van der Waals surface area contributed by atoms with Gasteiger partial charge in [0.05, 0.1) is 19.9 Å². The molecule has 1 aliphatic carbocycles. The van der Waals surface area contributed by atoms with Crippen molar-refractivity contribution in [3.8, 4) is 17.1 Å². The Bertz CT molecular complexity index is 663. The molecule has 1 aromatic heterocycles. The van der Waals surface area contributed by atoms with E-state index in [-0.39, 0.29) is 0 Å². The predicted octanol–water partition coefficient (Wildman–Crippen LogP) is 4.50. The summed E-state index contributed by atoms with van der Waals surface area (Å²) in [5.41, 5.74) is 1.05. The van der Waals surface area contributed by atoms with Gasteiger partial charge < -0.3 is 9.15 Å². The fraction of sp³-hybridized carbons (Fsp3) is 0.550. The second-order valence-electron chi connectivity index (χ2n) is 7.07. The zero-order valence-electron chi connectivity index (χ0n) is 14.4. The number of oxazole rings is 1. The first-order valence-corrected chi connectivity index (χ1v) is 9.16. The van der Waals surface area contributed by atoms with Gasteiger partial charge in [-0.25, -0.2) is 4.98 Å². The lowest BCUT2D eigenvalue weighted by molar-refractivity contribution is 0.0483. The summed E-state index contributed by atoms with van der Waals surface area (Å²) < 4.78 is 11.2. The number of likely N-dealkylation sites (tertiary alicyclic amines) is 1. The molecule has 1 saturated heterocycles. The summed E-state index contributed by atoms with van der Waals surface area (Å²) in [6, 6.07) is 8.68. The molecule has 0 amide bonds. The molecule has 2 aromatic rings. The molecule has 128 valence electrons. The molecule has 4 heteroatoms. The van der Waals surface area contributed by atoms with Crippen molar-refractivity contribution in [3.63, 3.8) is 0 Å². The van der Waals surface area contributed by atoms with Crippen LogP contribution in [0.5, 0.6) is 5.75 Å². The summed E-state index contributed by atoms with van der Waals surface area (Å²) >= 11 is 0. The Morgan fingerprint density at radius 2 is 1.92 bits per heavy atom. The SMILES string of the molecule is COc1ccc(-c2cnc(CN3CCC[C@@H]4CCCC[C@@H]43)o2)cc1. The van der Waals surface area contributed by atoms with Crippen LogP contribution in [0.15, 0.2) is 34.9 Å². The molecular weight excluding hydrogens is 300 g/mol. The molecule has 24 heavy (non-hydrogen) atoms. The molecule has 2 atom stereocenters. The smallest absolute Gasteiger partial charge is 0.209 e. The first-order chi connectivity index (χ1) is 11.8. The standard InChI is InChI=1S/C20H26N2O2/c1-23-17-10-8-16(9-11-17)19-13-21-20(24-19)14-22-12-4-6-15-5-2-3-7-18(15)22/h8-11,13,15,18H,2-7,12,14H2,1H3/t15-,18-/m0/s1. The average Bonchev–Trinajstić information content (AvgIpc) is 3.11. The van der Waals surface area contributed by atoms with Crippen molar-refractivity contribution in [2.45, 2.75) is 51.1 Å². The van der Waals surface area contributed by atoms with Crippen LogP contribution in [0.3, 0.4) is 0 Å². The van der Waals surface area contributed by atoms with E-state index in [2.05, 4.69) is 9.88 Å². The van der Waals surface area contributed by atoms with E-state index in [0.717, 1.165) is 41.5 Å². The molecule has 2 heterocycles. The maximum absolute atomic E-state index is 6.03. The number of hydrogen-bond donors (Lipinski definition) is 0. The molecule has 2 fully saturated rings. The van der Waals surface area contributed by atoms with E-state index < -0.39 is 0 Å². The van der Waals surface area contributed by atoms with Gasteiger partial charge in [0.1, 0.15) is 5.75 Å². The molecule has 0 N–H and O–H groups in total. The van der Waals surface area contributed by atoms with Gasteiger partial charge in [0.15, 0.2) is 5.76 Å². The number of fused-ring (bicyclic) bond motifs is 1. The molecule has 4 nitrogen and oxygen atoms in total. The highest BCUT2D eigenvalue weighted by Crippen LogP contribution is 2.36. The lowest BCUT2D eigenvalue weighted by Crippen LogP contribution is -2.46. The number of methoxy groups -OCH3 is 1. The number of hydrogen-bond acceptors (Lipinski definition) is 4. The minimum absolute atomic E-state index is 0.740. The van der Waals surface area contributed by atoms with Gasteiger partial charge in [0, 0.05) is 11.6 Å². The van der Waals surface area contributed by atoms with Crippen LogP contribution >= 0.6 is 0 Å². The molecule has 1 saturated carbocycles. The first kappa shape index (κ1) is 15.7. The van der Waals surface area contributed by atoms with Crippen LogP contribution < -0.4 is 4.74 Å². The van der Waals surface area contributed by atoms with Crippen LogP contribution in [0.2, 0.25) is 0 Å². The lowest BCUT2D eigenvalue weighted by Gasteiger charge is -2.43. The third-order valence-electron chi connectivity index (χ3n) is 5.62. The van der Waals surface area contributed by atoms with E-state index >= 15 is 0 Å². The van der Waals surface area contributed by atoms with Gasteiger partial charge >= 0.3 is 0 Å². The largest absolute Gasteiger partial charge is 0.497 e. The van der Waals surface area contributed by atoms with Gasteiger partial charge in [-0.3, -0.25) is 4.90 Å². The number of ether oxygens (including phenoxy) is 1. The number of aromatic nitrogens is 1. The zero-order chi connectivity index (χ0) is 16.4. The second-order valence-corrected chi connectivity index (χ2v) is 7.07. The van der Waals surface area contributed by atoms with Crippen LogP contribution in [0, 0.1) is 5.92 Å². The van der Waals surface area contributed by atoms with Crippen LogP contribution in [-0.2, 0) is 6.54 Å². The Hall–Kier alpha value is -1.81. The molecular formula is C20H26N2O2. The second kappa shape index (κ2) is 6.98. The molecule has 2 aliphatic rings. The number of piperidine rings is 1. The summed E-state index contributed by atoms with van der Waals surface area (Å²) in [5, 5.41) is 0. The molecule has 0 radical (unpaired) electrons. The quantitative estimate of drug-likeness (QED) is 0.829. The van der Waals surface area contributed by atoms with E-state index in [0.29, 0.717) is 0 Å². The van der Waals surface area contributed by atoms with Crippen molar-refractivity contribution >= 4 is 0 Å². The summed E-state index contributed by atoms with van der Waals surface area (Å²) in [4.78, 5) is 7.14. The summed E-state index contributed by atoms with van der Waals surface area (Å²) in [7, 11) is 1.68. The topological polar surface area (TPSA) is 38.5 Å². The Morgan fingerprint density at radius 3 is 2.75 bits per heavy atom. The van der Waals surface area contributed by atoms with Crippen molar-refractivity contribution in [2.24, 2.45) is 5.92 Å². The van der Waals surface area contributed by atoms with Crippen molar-refractivity contribution in [3.05, 3.63) is 36.4 Å². The number of benzene rings is 1. The van der Waals surface area contributed by atoms with Crippen LogP contribution in [0.1, 0.15) is 44.4 Å². The van der Waals surface area contributed by atoms with E-state index in [9.17, 15) is 0 Å². The molecule has 0 spiro atoms. The van der Waals surface area contributed by atoms with E-state index in [4.69, 9.17) is 9.15 Å². The molecule has 1 aliphatic heterocycles. The van der Waals surface area contributed by atoms with Gasteiger partial charge in [0.2, 0.25) is 5.89 Å². The lowest BCUT2D eigenvalue weighted by atomic mass is 9.78. The molecule has 1 aromatic carbocycles. The summed E-state index contributed by atoms with van der Waals surface area (Å²) in [6.07, 6.45) is 10.1. The maximum atomic E-state index is 6.03. The van der Waals surface area contributed by atoms with Crippen molar-refractivity contribution < 1.29 is 9.15 Å². The third-order valence-corrected chi connectivity index (χ3v) is 5.62. The highest BCUT2D eigenvalue weighted by Gasteiger charge is 2.33. The monoisotopic (exact) mass is 326 g/mol. The highest BCUT2D eigenvalue weighted by molar-refractivity contribution is 5.57. The Balaban J connectivity index is 1.46. The Labute approximate surface area is 143 Å². The minimum Gasteiger partial charge on any atom is -0.497 e. The van der Waals surface area contributed by atoms with E-state index in [1.54, 1.807) is 7.11 Å². The number of nitrogens with zero attached hydrogens (tertiary/aromatic N) is 2. The van der Waals surface area contributed by atoms with Crippen molar-refractivity contribution in [1.29, 1.82) is 0 Å². The van der Waals surface area contributed by atoms with Crippen LogP contribution in [0.4, 0.5) is 0 Å². The summed E-state index contributed by atoms with van der Waals surface area (Å²) in [5.74, 6) is 3.43. The normalized spacial score (nSPS) is 24.5. The maximum Gasteiger partial charge on any atom is 0.209 e. The average molecular weight is 326 g/mol. The zero-order valence-corrected chi connectivity index (χ0v) is 14.4. The summed E-state index contributed by atoms with van der Waals surface area (Å²) in [6.45, 7) is 2.03. The predicted molar refractivity (Wildman–Crippen MR) is 93.9 cm³/mol. The van der Waals surface area contributed by atoms with Crippen LogP contribution in [-0.4, -0.2) is 29.6 Å². The highest BCUT2D eigenvalue weighted by atomic mass is 16.5. The third kappa shape index (κ3) is 3.20. The van der Waals surface area contributed by atoms with E-state index in [1.807, 2.05) is 30.5 Å². The minimum atomic E-state index is 0.740. The molecule has 4 rings (SSSR count). The van der Waals surface area contributed by atoms with Crippen LogP contribution in [0.25, 0.3) is 11.3 Å². The van der Waals surface area contributed by atoms with E-state index in [1.165, 1.54) is 45.1 Å². The number of rotatable bonds is 4. The van der Waals surface area contributed by atoms with Crippen molar-refractivity contribution in [1.82, 2.24) is 9.88 Å². The fourth-order valence-corrected chi connectivity index (χ4v) is 4.37. The molecule has 0 bridgehead atoms. The van der Waals surface area contributed by atoms with Gasteiger partial charge in [-0.15, -0.1) is 0 Å². The Morgan fingerprint density at radius 1 is 1.12 bits per heavy atom. The van der Waals surface area contributed by atoms with Gasteiger partial charge in [0.25, 0.3) is 0 Å².